The first-order valence-electron chi connectivity index (χ1n) is 6.32. The minimum atomic E-state index is 0.000370. The highest BCUT2D eigenvalue weighted by Gasteiger charge is 2.18. The first-order chi connectivity index (χ1) is 9.40. The summed E-state index contributed by atoms with van der Waals surface area (Å²) in [6.45, 7) is 2.93. The van der Waals surface area contributed by atoms with Gasteiger partial charge in [-0.25, -0.2) is 4.98 Å². The number of aromatic amines is 1. The Labute approximate surface area is 111 Å². The molecule has 3 rings (SSSR count). The highest BCUT2D eigenvalue weighted by Crippen LogP contribution is 2.25. The van der Waals surface area contributed by atoms with Crippen molar-refractivity contribution in [3.8, 4) is 0 Å². The lowest BCUT2D eigenvalue weighted by Gasteiger charge is -2.17. The second-order valence-electron chi connectivity index (χ2n) is 4.28. The minimum Gasteiger partial charge on any atom is -0.304 e. The van der Waals surface area contributed by atoms with Crippen LogP contribution in [-0.4, -0.2) is 26.7 Å². The number of rotatable bonds is 4. The maximum atomic E-state index is 4.39. The predicted octanol–water partition coefficient (Wildman–Crippen LogP) is 2.05. The van der Waals surface area contributed by atoms with Gasteiger partial charge in [0.15, 0.2) is 0 Å². The third-order valence-electron chi connectivity index (χ3n) is 3.11. The van der Waals surface area contributed by atoms with Crippen molar-refractivity contribution in [2.24, 2.45) is 0 Å². The molecule has 96 valence electrons. The molecule has 5 nitrogen and oxygen atoms in total. The fourth-order valence-corrected chi connectivity index (χ4v) is 2.29. The van der Waals surface area contributed by atoms with Crippen LogP contribution in [0.2, 0.25) is 0 Å². The molecule has 0 fully saturated rings. The van der Waals surface area contributed by atoms with E-state index in [1.54, 1.807) is 0 Å². The molecular weight excluding hydrogens is 238 g/mol. The van der Waals surface area contributed by atoms with Crippen LogP contribution in [0.4, 0.5) is 0 Å². The molecule has 1 unspecified atom stereocenters. The molecule has 0 spiro atoms. The number of nitrogens with one attached hydrogen (secondary N) is 2. The summed E-state index contributed by atoms with van der Waals surface area (Å²) in [5.41, 5.74) is 2.15. The molecule has 2 aromatic heterocycles. The molecule has 5 heteroatoms. The predicted molar refractivity (Wildman–Crippen MR) is 73.6 cm³/mol. The quantitative estimate of drug-likeness (QED) is 0.747. The summed E-state index contributed by atoms with van der Waals surface area (Å²) in [7, 11) is 0. The fourth-order valence-electron chi connectivity index (χ4n) is 2.29. The topological polar surface area (TPSA) is 66.5 Å². The van der Waals surface area contributed by atoms with Gasteiger partial charge >= 0.3 is 0 Å². The second kappa shape index (κ2) is 5.16. The monoisotopic (exact) mass is 253 g/mol. The van der Waals surface area contributed by atoms with Crippen LogP contribution >= 0.6 is 0 Å². The number of aromatic nitrogens is 4. The van der Waals surface area contributed by atoms with E-state index >= 15 is 0 Å². The van der Waals surface area contributed by atoms with Crippen molar-refractivity contribution in [1.82, 2.24) is 25.5 Å². The van der Waals surface area contributed by atoms with E-state index in [1.807, 2.05) is 24.4 Å². The second-order valence-corrected chi connectivity index (χ2v) is 4.28. The van der Waals surface area contributed by atoms with Crippen LogP contribution in [0.1, 0.15) is 24.4 Å². The number of hydrogen-bond donors (Lipinski definition) is 2. The molecule has 0 amide bonds. The number of benzene rings is 1. The highest BCUT2D eigenvalue weighted by atomic mass is 15.2. The Morgan fingerprint density at radius 1 is 1.21 bits per heavy atom. The van der Waals surface area contributed by atoms with E-state index < -0.39 is 0 Å². The van der Waals surface area contributed by atoms with Gasteiger partial charge in [-0.3, -0.25) is 10.1 Å². The number of H-pyrrole nitrogens is 1. The lowest BCUT2D eigenvalue weighted by Crippen LogP contribution is -2.23. The summed E-state index contributed by atoms with van der Waals surface area (Å²) in [5.74, 6) is 0.818. The Kier molecular flexibility index (Phi) is 3.20. The van der Waals surface area contributed by atoms with Gasteiger partial charge in [0.25, 0.3) is 0 Å². The summed E-state index contributed by atoms with van der Waals surface area (Å²) in [4.78, 5) is 8.66. The molecule has 0 radical (unpaired) electrons. The molecule has 0 saturated carbocycles. The Balaban J connectivity index is 2.15. The van der Waals surface area contributed by atoms with Crippen molar-refractivity contribution in [3.63, 3.8) is 0 Å². The maximum Gasteiger partial charge on any atom is 0.145 e. The van der Waals surface area contributed by atoms with E-state index in [4.69, 9.17) is 0 Å². The number of nitrogens with zero attached hydrogens (tertiary/aromatic N) is 3. The molecule has 0 saturated heterocycles. The lowest BCUT2D eigenvalue weighted by atomic mass is 10.0. The molecule has 2 heterocycles. The molecule has 2 N–H and O–H groups in total. The third kappa shape index (κ3) is 2.20. The largest absolute Gasteiger partial charge is 0.304 e. The number of hydrogen-bond acceptors (Lipinski definition) is 4. The van der Waals surface area contributed by atoms with Gasteiger partial charge in [-0.15, -0.1) is 0 Å². The van der Waals surface area contributed by atoms with Crippen molar-refractivity contribution in [3.05, 3.63) is 54.2 Å². The molecule has 0 bridgehead atoms. The van der Waals surface area contributed by atoms with Crippen LogP contribution in [0, 0.1) is 0 Å². The Morgan fingerprint density at radius 3 is 2.95 bits per heavy atom. The average molecular weight is 253 g/mol. The van der Waals surface area contributed by atoms with Gasteiger partial charge in [-0.2, -0.15) is 5.10 Å². The average Bonchev–Trinajstić information content (AvgIpc) is 2.98. The number of pyridine rings is 1. The van der Waals surface area contributed by atoms with Crippen LogP contribution in [0.25, 0.3) is 10.9 Å². The van der Waals surface area contributed by atoms with Crippen LogP contribution in [0.15, 0.2) is 42.9 Å². The number of fused-ring (bicyclic) bond motifs is 1. The Hall–Kier alpha value is -2.27. The van der Waals surface area contributed by atoms with E-state index in [1.165, 1.54) is 6.33 Å². The van der Waals surface area contributed by atoms with E-state index in [0.29, 0.717) is 0 Å². The molecule has 0 aliphatic rings. The minimum absolute atomic E-state index is 0.000370. The zero-order valence-electron chi connectivity index (χ0n) is 10.7. The molecule has 3 aromatic rings. The van der Waals surface area contributed by atoms with Gasteiger partial charge in [-0.1, -0.05) is 25.1 Å². The van der Waals surface area contributed by atoms with Crippen LogP contribution in [0.5, 0.6) is 0 Å². The van der Waals surface area contributed by atoms with Crippen molar-refractivity contribution < 1.29 is 0 Å². The highest BCUT2D eigenvalue weighted by molar-refractivity contribution is 5.82. The first-order valence-corrected chi connectivity index (χ1v) is 6.32. The SMILES string of the molecule is CCNC(c1ncn[nH]1)c1cccc2ncccc12. The standard InChI is InChI=1S/C14H15N5/c1-2-15-13(14-17-9-18-19-14)11-5-3-7-12-10(11)6-4-8-16-12/h3-9,13,15H,2H2,1H3,(H,17,18,19). The van der Waals surface area contributed by atoms with Gasteiger partial charge in [0.1, 0.15) is 12.2 Å². The van der Waals surface area contributed by atoms with Crippen molar-refractivity contribution >= 4 is 10.9 Å². The molecule has 19 heavy (non-hydrogen) atoms. The molecule has 0 aliphatic carbocycles. The molecular formula is C14H15N5. The van der Waals surface area contributed by atoms with Gasteiger partial charge in [0.05, 0.1) is 11.6 Å². The van der Waals surface area contributed by atoms with Crippen LogP contribution < -0.4 is 5.32 Å². The summed E-state index contributed by atoms with van der Waals surface area (Å²) >= 11 is 0. The van der Waals surface area contributed by atoms with Crippen molar-refractivity contribution in [2.45, 2.75) is 13.0 Å². The lowest BCUT2D eigenvalue weighted by molar-refractivity contribution is 0.603. The van der Waals surface area contributed by atoms with Gasteiger partial charge < -0.3 is 5.32 Å². The van der Waals surface area contributed by atoms with Gasteiger partial charge in [0.2, 0.25) is 0 Å². The fraction of sp³-hybridized carbons (Fsp3) is 0.214. The molecule has 1 aromatic carbocycles. The summed E-state index contributed by atoms with van der Waals surface area (Å²) in [6.07, 6.45) is 3.34. The van der Waals surface area contributed by atoms with Crippen molar-refractivity contribution in [1.29, 1.82) is 0 Å². The van der Waals surface area contributed by atoms with Gasteiger partial charge in [-0.05, 0) is 24.2 Å². The summed E-state index contributed by atoms with van der Waals surface area (Å²) in [6, 6.07) is 10.2. The zero-order chi connectivity index (χ0) is 13.1. The van der Waals surface area contributed by atoms with E-state index in [-0.39, 0.29) is 6.04 Å². The Bertz CT molecular complexity index is 657. The third-order valence-corrected chi connectivity index (χ3v) is 3.11. The summed E-state index contributed by atoms with van der Waals surface area (Å²) < 4.78 is 0. The van der Waals surface area contributed by atoms with Crippen LogP contribution in [-0.2, 0) is 0 Å². The van der Waals surface area contributed by atoms with E-state index in [9.17, 15) is 0 Å². The van der Waals surface area contributed by atoms with E-state index in [2.05, 4.69) is 44.5 Å². The Morgan fingerprint density at radius 2 is 2.16 bits per heavy atom. The van der Waals surface area contributed by atoms with Crippen LogP contribution in [0.3, 0.4) is 0 Å². The molecule has 0 aliphatic heterocycles. The van der Waals surface area contributed by atoms with Crippen molar-refractivity contribution in [2.75, 3.05) is 6.54 Å². The van der Waals surface area contributed by atoms with E-state index in [0.717, 1.165) is 28.8 Å². The zero-order valence-corrected chi connectivity index (χ0v) is 10.7. The smallest absolute Gasteiger partial charge is 0.145 e. The molecule has 1 atom stereocenters. The summed E-state index contributed by atoms with van der Waals surface area (Å²) in [5, 5.41) is 11.4. The normalized spacial score (nSPS) is 12.7. The van der Waals surface area contributed by atoms with Gasteiger partial charge in [0, 0.05) is 11.6 Å². The first kappa shape index (κ1) is 11.8. The maximum absolute atomic E-state index is 4.39.